The fourth-order valence-corrected chi connectivity index (χ4v) is 4.79. The first-order valence-corrected chi connectivity index (χ1v) is 10.8. The van der Waals surface area contributed by atoms with Crippen molar-refractivity contribution in [2.24, 2.45) is 0 Å². The Bertz CT molecular complexity index is 886. The molecule has 1 unspecified atom stereocenters. The number of hydrogen-bond donors (Lipinski definition) is 1. The minimum Gasteiger partial charge on any atom is -0.486 e. The van der Waals surface area contributed by atoms with E-state index in [0.717, 1.165) is 30.9 Å². The van der Waals surface area contributed by atoms with Gasteiger partial charge < -0.3 is 9.47 Å². The Morgan fingerprint density at radius 1 is 1.04 bits per heavy atom. The van der Waals surface area contributed by atoms with Crippen LogP contribution in [-0.4, -0.2) is 46.2 Å². The van der Waals surface area contributed by atoms with Crippen molar-refractivity contribution in [1.29, 1.82) is 0 Å². The van der Waals surface area contributed by atoms with Gasteiger partial charge in [0.25, 0.3) is 0 Å². The monoisotopic (exact) mass is 388 g/mol. The van der Waals surface area contributed by atoms with Gasteiger partial charge in [0, 0.05) is 19.1 Å². The highest BCUT2D eigenvalue weighted by Gasteiger charge is 2.27. The summed E-state index contributed by atoms with van der Waals surface area (Å²) < 4.78 is 38.7. The summed E-state index contributed by atoms with van der Waals surface area (Å²) in [4.78, 5) is 2.63. The predicted octanol–water partition coefficient (Wildman–Crippen LogP) is 2.57. The van der Waals surface area contributed by atoms with E-state index in [1.165, 1.54) is 5.56 Å². The third-order valence-corrected chi connectivity index (χ3v) is 6.54. The number of likely N-dealkylation sites (tertiary alicyclic amines) is 1. The van der Waals surface area contributed by atoms with E-state index < -0.39 is 10.0 Å². The molecule has 144 valence electrons. The van der Waals surface area contributed by atoms with Gasteiger partial charge in [0.2, 0.25) is 10.0 Å². The number of nitrogens with zero attached hydrogens (tertiary/aromatic N) is 1. The minimum atomic E-state index is -3.46. The van der Waals surface area contributed by atoms with Crippen LogP contribution in [0.5, 0.6) is 11.5 Å². The molecule has 2 heterocycles. The van der Waals surface area contributed by atoms with Gasteiger partial charge >= 0.3 is 0 Å². The largest absolute Gasteiger partial charge is 0.486 e. The van der Waals surface area contributed by atoms with E-state index in [4.69, 9.17) is 9.47 Å². The van der Waals surface area contributed by atoms with Crippen LogP contribution in [0, 0.1) is 0 Å². The van der Waals surface area contributed by atoms with E-state index in [2.05, 4.69) is 21.8 Å². The highest BCUT2D eigenvalue weighted by molar-refractivity contribution is 7.89. The van der Waals surface area contributed by atoms with Crippen LogP contribution in [0.15, 0.2) is 53.4 Å². The van der Waals surface area contributed by atoms with E-state index in [0.29, 0.717) is 31.2 Å². The number of nitrogens with one attached hydrogen (secondary N) is 1. The van der Waals surface area contributed by atoms with E-state index >= 15 is 0 Å². The third-order valence-electron chi connectivity index (χ3n) is 5.06. The smallest absolute Gasteiger partial charge is 0.240 e. The number of hydrogen-bond acceptors (Lipinski definition) is 5. The van der Waals surface area contributed by atoms with E-state index in [9.17, 15) is 8.42 Å². The molecule has 1 atom stereocenters. The summed E-state index contributed by atoms with van der Waals surface area (Å²) in [5.74, 6) is 1.60. The van der Waals surface area contributed by atoms with Crippen molar-refractivity contribution >= 4 is 10.0 Å². The maximum atomic E-state index is 12.4. The van der Waals surface area contributed by atoms with Gasteiger partial charge in [-0.25, -0.2) is 13.1 Å². The van der Waals surface area contributed by atoms with Crippen LogP contribution in [0.25, 0.3) is 0 Å². The lowest BCUT2D eigenvalue weighted by Gasteiger charge is -2.26. The quantitative estimate of drug-likeness (QED) is 0.824. The molecule has 0 saturated carbocycles. The second-order valence-electron chi connectivity index (χ2n) is 6.81. The van der Waals surface area contributed by atoms with Crippen LogP contribution < -0.4 is 14.2 Å². The third kappa shape index (κ3) is 4.10. The molecule has 0 bridgehead atoms. The summed E-state index contributed by atoms with van der Waals surface area (Å²) in [6.07, 6.45) is 2.16. The number of fused-ring (bicyclic) bond motifs is 1. The minimum absolute atomic E-state index is 0.280. The van der Waals surface area contributed by atoms with Gasteiger partial charge in [0.15, 0.2) is 11.5 Å². The Hall–Kier alpha value is -2.09. The molecule has 0 amide bonds. The van der Waals surface area contributed by atoms with E-state index in [1.54, 1.807) is 30.3 Å². The molecule has 6 nitrogen and oxygen atoms in total. The van der Waals surface area contributed by atoms with E-state index in [-0.39, 0.29) is 6.04 Å². The van der Waals surface area contributed by atoms with Gasteiger partial charge in [0.05, 0.1) is 4.90 Å². The van der Waals surface area contributed by atoms with Crippen LogP contribution >= 0.6 is 0 Å². The molecule has 1 saturated heterocycles. The topological polar surface area (TPSA) is 67.9 Å². The molecule has 0 radical (unpaired) electrons. The second-order valence-corrected chi connectivity index (χ2v) is 8.57. The molecule has 1 fully saturated rings. The van der Waals surface area contributed by atoms with Crippen LogP contribution in [0.4, 0.5) is 0 Å². The summed E-state index contributed by atoms with van der Waals surface area (Å²) in [6.45, 7) is 3.19. The van der Waals surface area contributed by atoms with Gasteiger partial charge in [-0.15, -0.1) is 0 Å². The average Bonchev–Trinajstić information content (AvgIpc) is 3.17. The van der Waals surface area contributed by atoms with Gasteiger partial charge in [0.1, 0.15) is 13.2 Å². The normalized spacial score (nSPS) is 19.9. The van der Waals surface area contributed by atoms with Gasteiger partial charge in [-0.1, -0.05) is 24.3 Å². The highest BCUT2D eigenvalue weighted by atomic mass is 32.2. The lowest BCUT2D eigenvalue weighted by atomic mass is 10.0. The fraction of sp³-hybridized carbons (Fsp3) is 0.400. The standard InChI is InChI=1S/C20H24N2O4S/c23-27(24,17-5-2-1-3-6-17)21-10-12-22-11-4-7-18(22)16-8-9-19-20(15-16)26-14-13-25-19/h1-3,5-6,8-9,15,18,21H,4,7,10-14H2. The van der Waals surface area contributed by atoms with Crippen LogP contribution in [0.3, 0.4) is 0 Å². The average molecular weight is 388 g/mol. The molecule has 7 heteroatoms. The number of sulfonamides is 1. The Morgan fingerprint density at radius 2 is 1.81 bits per heavy atom. The zero-order chi connectivity index (χ0) is 18.7. The Kier molecular flexibility index (Phi) is 5.33. The molecule has 2 aliphatic rings. The van der Waals surface area contributed by atoms with Crippen molar-refractivity contribution in [3.8, 4) is 11.5 Å². The first-order chi connectivity index (χ1) is 13.1. The molecule has 2 aromatic carbocycles. The summed E-state index contributed by atoms with van der Waals surface area (Å²) in [6, 6.07) is 14.9. The summed E-state index contributed by atoms with van der Waals surface area (Å²) >= 11 is 0. The van der Waals surface area contributed by atoms with Crippen molar-refractivity contribution < 1.29 is 17.9 Å². The Morgan fingerprint density at radius 3 is 2.63 bits per heavy atom. The number of ether oxygens (including phenoxy) is 2. The van der Waals surface area contributed by atoms with Crippen molar-refractivity contribution in [3.63, 3.8) is 0 Å². The lowest BCUT2D eigenvalue weighted by Crippen LogP contribution is -2.34. The van der Waals surface area contributed by atoms with Gasteiger partial charge in [-0.2, -0.15) is 0 Å². The number of rotatable bonds is 6. The second kappa shape index (κ2) is 7.88. The Labute approximate surface area is 160 Å². The SMILES string of the molecule is O=S(=O)(NCCN1CCCC1c1ccc2c(c1)OCCO2)c1ccccc1. The molecular formula is C20H24N2O4S. The maximum absolute atomic E-state index is 12.4. The first kappa shape index (κ1) is 18.3. The molecule has 2 aromatic rings. The summed E-state index contributed by atoms with van der Waals surface area (Å²) in [5.41, 5.74) is 1.20. The molecule has 0 aliphatic carbocycles. The lowest BCUT2D eigenvalue weighted by molar-refractivity contribution is 0.170. The molecule has 27 heavy (non-hydrogen) atoms. The molecule has 1 N–H and O–H groups in total. The molecular weight excluding hydrogens is 364 g/mol. The number of benzene rings is 2. The predicted molar refractivity (Wildman–Crippen MR) is 103 cm³/mol. The first-order valence-electron chi connectivity index (χ1n) is 9.32. The molecule has 2 aliphatic heterocycles. The summed E-state index contributed by atoms with van der Waals surface area (Å²) in [7, 11) is -3.46. The highest BCUT2D eigenvalue weighted by Crippen LogP contribution is 2.37. The van der Waals surface area contributed by atoms with Crippen molar-refractivity contribution in [3.05, 3.63) is 54.1 Å². The Balaban J connectivity index is 1.39. The van der Waals surface area contributed by atoms with Crippen LogP contribution in [-0.2, 0) is 10.0 Å². The fourth-order valence-electron chi connectivity index (χ4n) is 3.75. The zero-order valence-electron chi connectivity index (χ0n) is 15.1. The molecule has 0 aromatic heterocycles. The van der Waals surface area contributed by atoms with Gasteiger partial charge in [-0.05, 0) is 49.2 Å². The maximum Gasteiger partial charge on any atom is 0.240 e. The van der Waals surface area contributed by atoms with Crippen LogP contribution in [0.1, 0.15) is 24.4 Å². The molecule has 4 rings (SSSR count). The van der Waals surface area contributed by atoms with Crippen LogP contribution in [0.2, 0.25) is 0 Å². The summed E-state index contributed by atoms with van der Waals surface area (Å²) in [5, 5.41) is 0. The van der Waals surface area contributed by atoms with Crippen molar-refractivity contribution in [2.45, 2.75) is 23.8 Å². The molecule has 0 spiro atoms. The van der Waals surface area contributed by atoms with Crippen molar-refractivity contribution in [2.75, 3.05) is 32.8 Å². The van der Waals surface area contributed by atoms with E-state index in [1.807, 2.05) is 6.07 Å². The van der Waals surface area contributed by atoms with Crippen molar-refractivity contribution in [1.82, 2.24) is 9.62 Å². The van der Waals surface area contributed by atoms with Gasteiger partial charge in [-0.3, -0.25) is 4.90 Å². The zero-order valence-corrected chi connectivity index (χ0v) is 16.0.